The summed E-state index contributed by atoms with van der Waals surface area (Å²) in [7, 11) is 0. The average Bonchev–Trinajstić information content (AvgIpc) is 1.99. The van der Waals surface area contributed by atoms with Gasteiger partial charge in [0.15, 0.2) is 0 Å². The van der Waals surface area contributed by atoms with Gasteiger partial charge < -0.3 is 4.74 Å². The minimum absolute atomic E-state index is 0.182. The second-order valence-electron chi connectivity index (χ2n) is 5.70. The Morgan fingerprint density at radius 2 is 1.06 bits per heavy atom. The Hall–Kier alpha value is 0.0787. The van der Waals surface area contributed by atoms with Crippen LogP contribution < -0.4 is 0 Å². The Labute approximate surface area is 113 Å². The molecule has 16 heavy (non-hydrogen) atoms. The normalized spacial score (nSPS) is 12.8. The molecule has 0 aromatic heterocycles. The van der Waals surface area contributed by atoms with Crippen molar-refractivity contribution in [1.29, 1.82) is 0 Å². The van der Waals surface area contributed by atoms with Crippen LogP contribution in [-0.2, 0) is 4.74 Å². The van der Waals surface area contributed by atoms with Gasteiger partial charge in [-0.15, -0.1) is 0 Å². The first-order chi connectivity index (χ1) is 7.12. The molecule has 0 spiro atoms. The molecule has 0 atom stereocenters. The van der Waals surface area contributed by atoms with E-state index in [0.717, 1.165) is 0 Å². The van der Waals surface area contributed by atoms with Crippen LogP contribution >= 0.6 is 0 Å². The number of rotatable bonds is 2. The van der Waals surface area contributed by atoms with Crippen molar-refractivity contribution in [2.75, 3.05) is 0 Å². The molecule has 0 aromatic carbocycles. The molecule has 0 aliphatic carbocycles. The molecule has 0 amide bonds. The molecule has 0 aliphatic rings. The van der Waals surface area contributed by atoms with Gasteiger partial charge in [-0.2, -0.15) is 0 Å². The van der Waals surface area contributed by atoms with Crippen LogP contribution in [-0.4, -0.2) is 21.1 Å². The van der Waals surface area contributed by atoms with E-state index in [9.17, 15) is 0 Å². The average molecular weight is 331 g/mol. The fourth-order valence-electron chi connectivity index (χ4n) is 1.33. The van der Waals surface area contributed by atoms with Crippen molar-refractivity contribution in [3.8, 4) is 0 Å². The van der Waals surface area contributed by atoms with Gasteiger partial charge in [0, 0.05) is 0 Å². The fraction of sp³-hybridized carbons (Fsp3) is 0.714. The minimum atomic E-state index is -0.182. The summed E-state index contributed by atoms with van der Waals surface area (Å²) in [5.74, 6) is 0. The summed E-state index contributed by atoms with van der Waals surface area (Å²) in [6.07, 6.45) is 6.92. The third-order valence-electron chi connectivity index (χ3n) is 1.18. The fourth-order valence-corrected chi connectivity index (χ4v) is 7.75. The Morgan fingerprint density at radius 1 is 0.750 bits per heavy atom. The van der Waals surface area contributed by atoms with Crippen molar-refractivity contribution in [2.24, 2.45) is 0 Å². The first-order valence-corrected chi connectivity index (χ1v) is 8.65. The summed E-state index contributed by atoms with van der Waals surface area (Å²) in [5.41, 5.74) is 0. The first-order valence-electron chi connectivity index (χ1n) is 5.79. The van der Waals surface area contributed by atoms with E-state index in [1.165, 1.54) is 0 Å². The third-order valence-corrected chi connectivity index (χ3v) is 5.46. The van der Waals surface area contributed by atoms with E-state index in [0.29, 0.717) is 6.86 Å². The standard InChI is InChI=1S/C6H10O.2C4H9.Sn/c1-3-5-7-6-4-2;2*1-4(2)3;/h3-6H,1-2H3;2*1-3H3;. The third kappa shape index (κ3) is 23.7. The van der Waals surface area contributed by atoms with Gasteiger partial charge in [0.2, 0.25) is 0 Å². The second kappa shape index (κ2) is 9.14. The van der Waals surface area contributed by atoms with Crippen LogP contribution in [0.15, 0.2) is 24.7 Å². The van der Waals surface area contributed by atoms with Crippen LogP contribution in [0.5, 0.6) is 0 Å². The van der Waals surface area contributed by atoms with Gasteiger partial charge >= 0.3 is 69.5 Å². The molecule has 2 radical (unpaired) electrons. The molecule has 0 saturated heterocycles. The number of hydrogen-bond acceptors (Lipinski definition) is 1. The summed E-state index contributed by atoms with van der Waals surface area (Å²) in [5, 5.41) is 0. The van der Waals surface area contributed by atoms with E-state index in [-0.39, 0.29) is 21.1 Å². The van der Waals surface area contributed by atoms with Crippen LogP contribution in [0.4, 0.5) is 0 Å². The predicted octanol–water partition coefficient (Wildman–Crippen LogP) is 5.20. The van der Waals surface area contributed by atoms with Gasteiger partial charge in [-0.3, -0.25) is 0 Å². The van der Waals surface area contributed by atoms with Gasteiger partial charge in [0.25, 0.3) is 0 Å². The van der Waals surface area contributed by atoms with Crippen LogP contribution in [0.3, 0.4) is 0 Å². The van der Waals surface area contributed by atoms with E-state index >= 15 is 0 Å². The molecule has 0 bridgehead atoms. The molecule has 0 aliphatic heterocycles. The van der Waals surface area contributed by atoms with Gasteiger partial charge in [0.1, 0.15) is 0 Å². The van der Waals surface area contributed by atoms with Gasteiger partial charge in [-0.25, -0.2) is 0 Å². The second-order valence-corrected chi connectivity index (χ2v) is 15.0. The predicted molar refractivity (Wildman–Crippen MR) is 75.9 cm³/mol. The Morgan fingerprint density at radius 3 is 1.19 bits per heavy atom. The van der Waals surface area contributed by atoms with Crippen molar-refractivity contribution in [3.05, 3.63) is 24.7 Å². The van der Waals surface area contributed by atoms with Crippen molar-refractivity contribution in [2.45, 2.75) is 62.3 Å². The Kier molecular flexibility index (Phi) is 10.5. The number of hydrogen-bond donors (Lipinski definition) is 0. The van der Waals surface area contributed by atoms with Crippen molar-refractivity contribution < 1.29 is 4.74 Å². The van der Waals surface area contributed by atoms with Crippen LogP contribution in [0.25, 0.3) is 0 Å². The van der Waals surface area contributed by atoms with Crippen LogP contribution in [0, 0.1) is 0 Å². The quantitative estimate of drug-likeness (QED) is 0.499. The Balaban J connectivity index is 0. The molecule has 0 heterocycles. The monoisotopic (exact) mass is 332 g/mol. The number of allylic oxidation sites excluding steroid dienone is 2. The number of ether oxygens (including phenoxy) is 1. The van der Waals surface area contributed by atoms with E-state index in [2.05, 4.69) is 41.5 Å². The van der Waals surface area contributed by atoms with Crippen LogP contribution in [0.2, 0.25) is 6.86 Å². The zero-order valence-corrected chi connectivity index (χ0v) is 15.1. The molecule has 0 fully saturated rings. The molecule has 1 nitrogen and oxygen atoms in total. The van der Waals surface area contributed by atoms with E-state index in [4.69, 9.17) is 4.74 Å². The zero-order valence-electron chi connectivity index (χ0n) is 12.2. The molecule has 2 heteroatoms. The van der Waals surface area contributed by atoms with E-state index < -0.39 is 0 Å². The van der Waals surface area contributed by atoms with Gasteiger partial charge in [0.05, 0.1) is 12.5 Å². The molecule has 0 saturated carbocycles. The zero-order chi connectivity index (χ0) is 13.2. The summed E-state index contributed by atoms with van der Waals surface area (Å²) >= 11 is -0.182. The summed E-state index contributed by atoms with van der Waals surface area (Å²) in [6.45, 7) is 18.0. The summed E-state index contributed by atoms with van der Waals surface area (Å²) in [4.78, 5) is 0. The first kappa shape index (κ1) is 18.4. The molecule has 0 unspecified atom stereocenters. The van der Waals surface area contributed by atoms with Crippen LogP contribution in [0.1, 0.15) is 55.4 Å². The maximum absolute atomic E-state index is 4.77. The molecule has 94 valence electrons. The molecule has 0 aromatic rings. The van der Waals surface area contributed by atoms with Crippen molar-refractivity contribution in [1.82, 2.24) is 0 Å². The van der Waals surface area contributed by atoms with Gasteiger partial charge in [-0.05, 0) is 13.8 Å². The molecule has 0 N–H and O–H groups in total. The Bertz CT molecular complexity index is 182. The van der Waals surface area contributed by atoms with Crippen molar-refractivity contribution >= 4 is 21.1 Å². The topological polar surface area (TPSA) is 9.23 Å². The summed E-state index contributed by atoms with van der Waals surface area (Å²) < 4.78 is 6.08. The molecular weight excluding hydrogens is 303 g/mol. The van der Waals surface area contributed by atoms with Crippen molar-refractivity contribution in [3.63, 3.8) is 0 Å². The SMILES string of the molecule is CC=COC=CC.C[C](C)(C)[Sn][C](C)(C)C. The maximum atomic E-state index is 4.77. The van der Waals surface area contributed by atoms with E-state index in [1.54, 1.807) is 12.5 Å². The molecule has 0 rings (SSSR count). The molecular formula is C14H28OSn. The van der Waals surface area contributed by atoms with E-state index in [1.807, 2.05) is 26.0 Å². The van der Waals surface area contributed by atoms with Gasteiger partial charge in [-0.1, -0.05) is 12.2 Å². The summed E-state index contributed by atoms with van der Waals surface area (Å²) in [6, 6.07) is 0.